The van der Waals surface area contributed by atoms with E-state index in [1.165, 1.54) is 17.5 Å². The van der Waals surface area contributed by atoms with Gasteiger partial charge in [-0.2, -0.15) is 0 Å². The highest BCUT2D eigenvalue weighted by Crippen LogP contribution is 2.36. The molecule has 0 bridgehead atoms. The quantitative estimate of drug-likeness (QED) is 0.893. The van der Waals surface area contributed by atoms with Gasteiger partial charge >= 0.3 is 0 Å². The Labute approximate surface area is 138 Å². The summed E-state index contributed by atoms with van der Waals surface area (Å²) in [6.07, 6.45) is 3.34. The van der Waals surface area contributed by atoms with E-state index in [0.29, 0.717) is 0 Å². The van der Waals surface area contributed by atoms with E-state index in [1.807, 2.05) is 6.07 Å². The second-order valence-corrected chi connectivity index (χ2v) is 6.38. The van der Waals surface area contributed by atoms with Gasteiger partial charge in [0.2, 0.25) is 0 Å². The number of aryl methyl sites for hydroxylation is 1. The highest BCUT2D eigenvalue weighted by molar-refractivity contribution is 5.62. The van der Waals surface area contributed by atoms with Crippen molar-refractivity contribution in [1.82, 2.24) is 0 Å². The summed E-state index contributed by atoms with van der Waals surface area (Å²) in [5.74, 6) is 1.06. The van der Waals surface area contributed by atoms with Gasteiger partial charge in [-0.3, -0.25) is 0 Å². The molecule has 1 N–H and O–H groups in total. The lowest BCUT2D eigenvalue weighted by Crippen LogP contribution is -2.41. The number of hydrogen-bond donors (Lipinski definition) is 1. The van der Waals surface area contributed by atoms with Crippen molar-refractivity contribution in [3.05, 3.63) is 53.6 Å². The molecule has 2 aromatic carbocycles. The number of rotatable bonds is 5. The lowest BCUT2D eigenvalue weighted by molar-refractivity contribution is 0.192. The molecule has 2 aromatic rings. The maximum absolute atomic E-state index is 9.76. The lowest BCUT2D eigenvalue weighted by atomic mass is 10.0. The molecule has 0 fully saturated rings. The van der Waals surface area contributed by atoms with Crippen molar-refractivity contribution in [1.29, 1.82) is 0 Å². The molecule has 1 heterocycles. The van der Waals surface area contributed by atoms with Crippen molar-refractivity contribution in [3.63, 3.8) is 0 Å². The molecule has 23 heavy (non-hydrogen) atoms. The molecular formula is C20H25NO2. The minimum Gasteiger partial charge on any atom is -0.508 e. The molecule has 0 spiro atoms. The van der Waals surface area contributed by atoms with Gasteiger partial charge in [0.25, 0.3) is 0 Å². The molecule has 0 saturated carbocycles. The second kappa shape index (κ2) is 6.95. The van der Waals surface area contributed by atoms with Crippen LogP contribution in [0.3, 0.4) is 0 Å². The van der Waals surface area contributed by atoms with Crippen molar-refractivity contribution < 1.29 is 9.84 Å². The number of fused-ring (bicyclic) bond motifs is 1. The maximum atomic E-state index is 9.76. The molecule has 0 aliphatic carbocycles. The topological polar surface area (TPSA) is 32.7 Å². The summed E-state index contributed by atoms with van der Waals surface area (Å²) < 4.78 is 6.16. The van der Waals surface area contributed by atoms with Crippen LogP contribution in [-0.4, -0.2) is 24.3 Å². The summed E-state index contributed by atoms with van der Waals surface area (Å²) in [5.41, 5.74) is 3.66. The molecule has 0 saturated heterocycles. The zero-order valence-corrected chi connectivity index (χ0v) is 14.0. The van der Waals surface area contributed by atoms with Gasteiger partial charge in [-0.25, -0.2) is 0 Å². The van der Waals surface area contributed by atoms with E-state index < -0.39 is 0 Å². The van der Waals surface area contributed by atoms with Gasteiger partial charge in [-0.05, 0) is 31.0 Å². The molecule has 0 radical (unpaired) electrons. The fourth-order valence-electron chi connectivity index (χ4n) is 3.07. The first-order valence-electron chi connectivity index (χ1n) is 8.46. The van der Waals surface area contributed by atoms with E-state index in [4.69, 9.17) is 4.74 Å². The Balaban J connectivity index is 1.79. The Morgan fingerprint density at radius 1 is 1.17 bits per heavy atom. The average Bonchev–Trinajstić information content (AvgIpc) is 2.54. The molecule has 0 aromatic heterocycles. The van der Waals surface area contributed by atoms with Gasteiger partial charge in [0, 0.05) is 19.0 Å². The molecule has 1 atom stereocenters. The predicted octanol–water partition coefficient (Wildman–Crippen LogP) is 4.31. The predicted molar refractivity (Wildman–Crippen MR) is 94.5 cm³/mol. The number of unbranched alkanes of at least 4 members (excludes halogenated alkanes) is 1. The monoisotopic (exact) mass is 311 g/mol. The molecular weight excluding hydrogens is 286 g/mol. The zero-order valence-electron chi connectivity index (χ0n) is 14.0. The summed E-state index contributed by atoms with van der Waals surface area (Å²) in [7, 11) is 0. The summed E-state index contributed by atoms with van der Waals surface area (Å²) in [6.45, 7) is 6.24. The van der Waals surface area contributed by atoms with E-state index in [-0.39, 0.29) is 11.9 Å². The molecule has 3 nitrogen and oxygen atoms in total. The van der Waals surface area contributed by atoms with Gasteiger partial charge in [0.1, 0.15) is 17.6 Å². The number of hydrogen-bond acceptors (Lipinski definition) is 3. The average molecular weight is 311 g/mol. The first-order valence-corrected chi connectivity index (χ1v) is 8.46. The van der Waals surface area contributed by atoms with Gasteiger partial charge in [0.05, 0.1) is 12.2 Å². The van der Waals surface area contributed by atoms with Crippen LogP contribution in [0.4, 0.5) is 5.69 Å². The number of phenols is 1. The van der Waals surface area contributed by atoms with Crippen LogP contribution in [0.1, 0.15) is 30.9 Å². The van der Waals surface area contributed by atoms with Crippen molar-refractivity contribution >= 4 is 5.69 Å². The van der Waals surface area contributed by atoms with Crippen LogP contribution in [0.2, 0.25) is 0 Å². The van der Waals surface area contributed by atoms with Crippen LogP contribution in [0.5, 0.6) is 11.5 Å². The summed E-state index contributed by atoms with van der Waals surface area (Å²) in [4.78, 5) is 2.39. The molecule has 1 unspecified atom stereocenters. The maximum Gasteiger partial charge on any atom is 0.146 e. The van der Waals surface area contributed by atoms with E-state index in [0.717, 1.165) is 37.4 Å². The number of nitrogens with zero attached hydrogens (tertiary/aromatic N) is 1. The molecule has 1 aliphatic rings. The van der Waals surface area contributed by atoms with Crippen LogP contribution in [0, 0.1) is 6.92 Å². The van der Waals surface area contributed by atoms with Gasteiger partial charge in [-0.1, -0.05) is 43.2 Å². The Hall–Kier alpha value is -2.16. The van der Waals surface area contributed by atoms with Crippen LogP contribution < -0.4 is 9.64 Å². The van der Waals surface area contributed by atoms with E-state index >= 15 is 0 Å². The lowest BCUT2D eigenvalue weighted by Gasteiger charge is -2.36. The minimum absolute atomic E-state index is 0.115. The summed E-state index contributed by atoms with van der Waals surface area (Å²) in [5, 5.41) is 9.76. The Bertz CT molecular complexity index is 651. The normalized spacial score (nSPS) is 16.8. The Kier molecular flexibility index (Phi) is 4.75. The first-order chi connectivity index (χ1) is 11.2. The Morgan fingerprint density at radius 3 is 2.70 bits per heavy atom. The smallest absolute Gasteiger partial charge is 0.146 e. The number of aromatic hydroxyl groups is 1. The van der Waals surface area contributed by atoms with Crippen LogP contribution in [0.15, 0.2) is 42.5 Å². The molecule has 3 heteroatoms. The van der Waals surface area contributed by atoms with Crippen molar-refractivity contribution in [2.45, 2.75) is 39.2 Å². The van der Waals surface area contributed by atoms with Crippen LogP contribution >= 0.6 is 0 Å². The number of anilines is 1. The number of benzene rings is 2. The second-order valence-electron chi connectivity index (χ2n) is 6.38. The summed E-state index contributed by atoms with van der Waals surface area (Å²) in [6, 6.07) is 14.1. The van der Waals surface area contributed by atoms with Gasteiger partial charge < -0.3 is 14.7 Å². The van der Waals surface area contributed by atoms with E-state index in [1.54, 1.807) is 12.1 Å². The van der Waals surface area contributed by atoms with Crippen LogP contribution in [0.25, 0.3) is 0 Å². The number of ether oxygens (including phenoxy) is 1. The van der Waals surface area contributed by atoms with Crippen molar-refractivity contribution in [2.75, 3.05) is 18.0 Å². The zero-order chi connectivity index (χ0) is 16.2. The third kappa shape index (κ3) is 3.79. The van der Waals surface area contributed by atoms with Crippen LogP contribution in [-0.2, 0) is 6.42 Å². The van der Waals surface area contributed by atoms with E-state index in [9.17, 15) is 5.11 Å². The fraction of sp³-hybridized carbons (Fsp3) is 0.400. The molecule has 122 valence electrons. The van der Waals surface area contributed by atoms with Crippen molar-refractivity contribution in [2.24, 2.45) is 0 Å². The van der Waals surface area contributed by atoms with Gasteiger partial charge in [0.15, 0.2) is 0 Å². The first kappa shape index (κ1) is 15.7. The molecule has 1 aliphatic heterocycles. The fourth-order valence-corrected chi connectivity index (χ4v) is 3.07. The van der Waals surface area contributed by atoms with Crippen molar-refractivity contribution in [3.8, 4) is 11.5 Å². The largest absolute Gasteiger partial charge is 0.508 e. The molecule has 3 rings (SSSR count). The highest BCUT2D eigenvalue weighted by atomic mass is 16.5. The minimum atomic E-state index is 0.115. The number of phenolic OH excluding ortho intramolecular Hbond substituents is 1. The highest BCUT2D eigenvalue weighted by Gasteiger charge is 2.25. The van der Waals surface area contributed by atoms with Gasteiger partial charge in [-0.15, -0.1) is 0 Å². The summed E-state index contributed by atoms with van der Waals surface area (Å²) >= 11 is 0. The third-order valence-electron chi connectivity index (χ3n) is 4.37. The molecule has 0 amide bonds. The third-order valence-corrected chi connectivity index (χ3v) is 4.37. The Morgan fingerprint density at radius 2 is 1.96 bits per heavy atom. The SMILES string of the molecule is CCCCN1CC(Cc2ccc(C)cc2)Oc2cc(O)ccc21. The standard InChI is InChI=1S/C20H25NO2/c1-3-4-11-21-14-18(12-16-7-5-15(2)6-8-16)23-20-13-17(22)9-10-19(20)21/h5-10,13,18,22H,3-4,11-12,14H2,1-2H3. The van der Waals surface area contributed by atoms with E-state index in [2.05, 4.69) is 43.0 Å².